The minimum atomic E-state index is -0.634. The molecular formula is C2H8K2N4O3S2. The van der Waals surface area contributed by atoms with Gasteiger partial charge in [0.1, 0.15) is 10.5 Å². The van der Waals surface area contributed by atoms with Crippen LogP contribution in [0.5, 0.6) is 0 Å². The van der Waals surface area contributed by atoms with E-state index < -0.39 is 10.5 Å². The van der Waals surface area contributed by atoms with Crippen LogP contribution in [-0.4, -0.2) is 16.0 Å². The first-order valence-corrected chi connectivity index (χ1v) is 2.71. The molecule has 0 unspecified atom stereocenters. The van der Waals surface area contributed by atoms with Crippen LogP contribution in [0, 0.1) is 0 Å². The molecule has 0 spiro atoms. The molecule has 8 N–H and O–H groups in total. The summed E-state index contributed by atoms with van der Waals surface area (Å²) >= 11 is 7.81. The van der Waals surface area contributed by atoms with Gasteiger partial charge in [-0.1, -0.05) is 0 Å². The molecular weight excluding hydrogens is 270 g/mol. The first-order chi connectivity index (χ1) is 4.54. The number of carbonyl (C=O) groups excluding carboxylic acids is 2. The van der Waals surface area contributed by atoms with Gasteiger partial charge in [-0.15, -0.1) is 0 Å². The second kappa shape index (κ2) is 24.0. The first-order valence-electron chi connectivity index (χ1n) is 1.89. The summed E-state index contributed by atoms with van der Waals surface area (Å²) in [6.07, 6.45) is 0. The minimum absolute atomic E-state index is 0. The van der Waals surface area contributed by atoms with Crippen molar-refractivity contribution in [2.75, 3.05) is 0 Å². The summed E-state index contributed by atoms with van der Waals surface area (Å²) in [6, 6.07) is 0. The molecule has 0 radical (unpaired) electrons. The van der Waals surface area contributed by atoms with Crippen molar-refractivity contribution in [1.82, 2.24) is 10.9 Å². The van der Waals surface area contributed by atoms with Gasteiger partial charge < -0.3 is 51.2 Å². The van der Waals surface area contributed by atoms with E-state index in [4.69, 9.17) is 0 Å². The number of hydrogen-bond donors (Lipinski definition) is 4. The Balaban J connectivity index is -0.0000000267. The maximum Gasteiger partial charge on any atom is 1.00 e. The van der Waals surface area contributed by atoms with Gasteiger partial charge in [-0.2, -0.15) is 0 Å². The molecule has 7 nitrogen and oxygen atoms in total. The second-order valence-corrected chi connectivity index (χ2v) is 1.61. The SMILES string of the molecule is NNC(=O)[S-].NNC(=O)[S-].O.[K+].[K+]. The van der Waals surface area contributed by atoms with Gasteiger partial charge in [0.05, 0.1) is 0 Å². The fraction of sp³-hybridized carbons (Fsp3) is 0. The van der Waals surface area contributed by atoms with Gasteiger partial charge in [0.2, 0.25) is 0 Å². The summed E-state index contributed by atoms with van der Waals surface area (Å²) < 4.78 is 0. The molecule has 0 rings (SSSR count). The average Bonchev–Trinajstić information content (AvgIpc) is 1.89. The molecule has 68 valence electrons. The maximum absolute atomic E-state index is 9.39. The number of rotatable bonds is 0. The van der Waals surface area contributed by atoms with E-state index in [1.165, 1.54) is 0 Å². The predicted octanol–water partition coefficient (Wildman–Crippen LogP) is -8.58. The standard InChI is InChI=1S/2CH4N2OS.2K.H2O/c2*2-3-1(4)5;;;/h2*2H2,(H2,3,4,5);;;1H2/q;;2*+1;/p-2. The number of hydrogen-bond acceptors (Lipinski definition) is 6. The van der Waals surface area contributed by atoms with Crippen LogP contribution < -0.4 is 125 Å². The van der Waals surface area contributed by atoms with Gasteiger partial charge in [0.15, 0.2) is 0 Å². The van der Waals surface area contributed by atoms with Crippen LogP contribution in [0.25, 0.3) is 0 Å². The Morgan fingerprint density at radius 2 is 1.00 bits per heavy atom. The van der Waals surface area contributed by atoms with E-state index in [1.807, 2.05) is 0 Å². The van der Waals surface area contributed by atoms with Crippen LogP contribution >= 0.6 is 0 Å². The molecule has 0 fully saturated rings. The van der Waals surface area contributed by atoms with Crippen LogP contribution in [0.15, 0.2) is 0 Å². The van der Waals surface area contributed by atoms with Crippen molar-refractivity contribution in [3.8, 4) is 0 Å². The number of nitrogens with one attached hydrogen (secondary N) is 2. The Morgan fingerprint density at radius 1 is 0.923 bits per heavy atom. The summed E-state index contributed by atoms with van der Waals surface area (Å²) in [5, 5.41) is -1.27. The molecule has 0 aromatic carbocycles. The molecule has 0 bridgehead atoms. The van der Waals surface area contributed by atoms with Crippen molar-refractivity contribution < 1.29 is 118 Å². The Kier molecular flexibility index (Phi) is 54.6. The monoisotopic (exact) mass is 278 g/mol. The third-order valence-electron chi connectivity index (χ3n) is 0.236. The summed E-state index contributed by atoms with van der Waals surface area (Å²) in [7, 11) is 0. The van der Waals surface area contributed by atoms with Crippen molar-refractivity contribution in [3.63, 3.8) is 0 Å². The first kappa shape index (κ1) is 29.6. The predicted molar refractivity (Wildman–Crippen MR) is 43.8 cm³/mol. The zero-order valence-electron chi connectivity index (χ0n) is 7.29. The fourth-order valence-corrected chi connectivity index (χ4v) is 0. The van der Waals surface area contributed by atoms with E-state index >= 15 is 0 Å². The summed E-state index contributed by atoms with van der Waals surface area (Å²) in [5.41, 5.74) is 3.41. The van der Waals surface area contributed by atoms with Gasteiger partial charge in [-0.3, -0.25) is 0 Å². The Labute approximate surface area is 172 Å². The van der Waals surface area contributed by atoms with Crippen molar-refractivity contribution in [2.24, 2.45) is 11.7 Å². The molecule has 11 heteroatoms. The van der Waals surface area contributed by atoms with Gasteiger partial charge in [0, 0.05) is 0 Å². The van der Waals surface area contributed by atoms with Gasteiger partial charge in [-0.05, 0) is 0 Å². The molecule has 0 aliphatic heterocycles. The molecule has 0 aliphatic carbocycles. The summed E-state index contributed by atoms with van der Waals surface area (Å²) in [5.74, 6) is 8.94. The summed E-state index contributed by atoms with van der Waals surface area (Å²) in [6.45, 7) is 0. The molecule has 0 aliphatic rings. The molecule has 2 amide bonds. The maximum atomic E-state index is 9.39. The molecule has 0 saturated heterocycles. The number of nitrogens with two attached hydrogens (primary N) is 2. The van der Waals surface area contributed by atoms with E-state index in [0.717, 1.165) is 0 Å². The van der Waals surface area contributed by atoms with Crippen LogP contribution in [0.3, 0.4) is 0 Å². The Bertz CT molecular complexity index is 114. The molecule has 0 aromatic rings. The van der Waals surface area contributed by atoms with Crippen LogP contribution in [-0.2, 0) is 25.3 Å². The number of carbonyl (C=O) groups is 2. The summed E-state index contributed by atoms with van der Waals surface area (Å²) in [4.78, 5) is 18.8. The van der Waals surface area contributed by atoms with Gasteiger partial charge in [-0.25, -0.2) is 11.7 Å². The van der Waals surface area contributed by atoms with E-state index in [0.29, 0.717) is 0 Å². The smallest absolute Gasteiger partial charge is 0.718 e. The normalized spacial score (nSPS) is 5.08. The van der Waals surface area contributed by atoms with Crippen LogP contribution in [0.1, 0.15) is 0 Å². The van der Waals surface area contributed by atoms with E-state index in [1.54, 1.807) is 10.9 Å². The van der Waals surface area contributed by atoms with E-state index in [2.05, 4.69) is 36.9 Å². The Hall–Kier alpha value is 2.53. The quantitative estimate of drug-likeness (QED) is 0.114. The number of hydrazine groups is 2. The van der Waals surface area contributed by atoms with Crippen molar-refractivity contribution in [1.29, 1.82) is 0 Å². The molecule has 0 saturated carbocycles. The largest absolute Gasteiger partial charge is 1.00 e. The van der Waals surface area contributed by atoms with E-state index in [9.17, 15) is 9.59 Å². The van der Waals surface area contributed by atoms with Crippen molar-refractivity contribution >= 4 is 35.7 Å². The Morgan fingerprint density at radius 3 is 1.00 bits per heavy atom. The van der Waals surface area contributed by atoms with Crippen LogP contribution in [0.2, 0.25) is 0 Å². The molecule has 0 atom stereocenters. The van der Waals surface area contributed by atoms with Crippen LogP contribution in [0.4, 0.5) is 9.59 Å². The fourth-order valence-electron chi connectivity index (χ4n) is 0. The van der Waals surface area contributed by atoms with Crippen molar-refractivity contribution in [2.45, 2.75) is 0 Å². The second-order valence-electron chi connectivity index (χ2n) is 0.864. The van der Waals surface area contributed by atoms with E-state index in [-0.39, 0.29) is 108 Å². The number of amides is 2. The molecule has 0 aromatic heterocycles. The molecule has 0 heterocycles. The average molecular weight is 278 g/mol. The zero-order chi connectivity index (χ0) is 8.57. The minimum Gasteiger partial charge on any atom is -0.718 e. The third-order valence-corrected chi connectivity index (χ3v) is 0.471. The third kappa shape index (κ3) is 53.5. The zero-order valence-corrected chi connectivity index (χ0v) is 15.2. The van der Waals surface area contributed by atoms with Crippen molar-refractivity contribution in [3.05, 3.63) is 0 Å². The topological polar surface area (TPSA) is 142 Å². The van der Waals surface area contributed by atoms with Gasteiger partial charge in [0.25, 0.3) is 0 Å². The van der Waals surface area contributed by atoms with Gasteiger partial charge >= 0.3 is 103 Å². The molecule has 13 heavy (non-hydrogen) atoms.